The molecular weight excluding hydrogens is 261 g/mol. The van der Waals surface area contributed by atoms with Gasteiger partial charge in [-0.25, -0.2) is 4.39 Å². The van der Waals surface area contributed by atoms with Crippen molar-refractivity contribution >= 4 is 29.2 Å². The Morgan fingerprint density at radius 2 is 2.17 bits per heavy atom. The lowest BCUT2D eigenvalue weighted by molar-refractivity contribution is -0.147. The number of anilines is 1. The molecule has 1 aromatic rings. The summed E-state index contributed by atoms with van der Waals surface area (Å²) in [5.74, 6) is -1.45. The molecule has 6 heteroatoms. The van der Waals surface area contributed by atoms with E-state index in [9.17, 15) is 14.0 Å². The molecule has 0 atom stereocenters. The number of carbonyl (C=O) groups is 2. The van der Waals surface area contributed by atoms with E-state index in [2.05, 4.69) is 5.32 Å². The smallest absolute Gasteiger partial charge is 0.306 e. The number of carbonyl (C=O) groups excluding carboxylic acids is 2. The standard InChI is InChI=1S/C12H13ClFNO3/c1-2-3-12(17)18-7-11(16)15-10-5-4-8(14)6-9(10)13/h4-6H,2-3,7H2,1H3,(H,15,16). The van der Waals surface area contributed by atoms with Crippen molar-refractivity contribution in [1.29, 1.82) is 0 Å². The second kappa shape index (κ2) is 6.96. The van der Waals surface area contributed by atoms with Crippen molar-refractivity contribution in [2.45, 2.75) is 19.8 Å². The fourth-order valence-corrected chi connectivity index (χ4v) is 1.41. The van der Waals surface area contributed by atoms with Crippen LogP contribution in [-0.2, 0) is 14.3 Å². The molecule has 18 heavy (non-hydrogen) atoms. The quantitative estimate of drug-likeness (QED) is 0.839. The monoisotopic (exact) mass is 273 g/mol. The lowest BCUT2D eigenvalue weighted by Crippen LogP contribution is -2.20. The molecule has 4 nitrogen and oxygen atoms in total. The second-order valence-corrected chi connectivity index (χ2v) is 3.99. The molecule has 0 aromatic heterocycles. The van der Waals surface area contributed by atoms with Gasteiger partial charge in [0.15, 0.2) is 6.61 Å². The first-order valence-corrected chi connectivity index (χ1v) is 5.81. The number of esters is 1. The normalized spacial score (nSPS) is 9.94. The van der Waals surface area contributed by atoms with E-state index in [4.69, 9.17) is 16.3 Å². The van der Waals surface area contributed by atoms with Gasteiger partial charge in [-0.1, -0.05) is 18.5 Å². The van der Waals surface area contributed by atoms with E-state index >= 15 is 0 Å². The third-order valence-electron chi connectivity index (χ3n) is 2.02. The van der Waals surface area contributed by atoms with Crippen LogP contribution in [0.15, 0.2) is 18.2 Å². The summed E-state index contributed by atoms with van der Waals surface area (Å²) >= 11 is 5.72. The molecule has 1 amide bonds. The molecule has 0 aliphatic carbocycles. The zero-order chi connectivity index (χ0) is 13.5. The molecule has 1 N–H and O–H groups in total. The van der Waals surface area contributed by atoms with Gasteiger partial charge in [0.05, 0.1) is 10.7 Å². The average Bonchev–Trinajstić information content (AvgIpc) is 2.31. The first-order valence-electron chi connectivity index (χ1n) is 5.43. The lowest BCUT2D eigenvalue weighted by atomic mass is 10.3. The Hall–Kier alpha value is -1.62. The van der Waals surface area contributed by atoms with Gasteiger partial charge in [0, 0.05) is 6.42 Å². The van der Waals surface area contributed by atoms with Crippen LogP contribution in [0.25, 0.3) is 0 Å². The molecule has 0 aliphatic rings. The highest BCUT2D eigenvalue weighted by Gasteiger charge is 2.09. The van der Waals surface area contributed by atoms with Crippen LogP contribution in [0.5, 0.6) is 0 Å². The van der Waals surface area contributed by atoms with Crippen LogP contribution in [0.4, 0.5) is 10.1 Å². The first kappa shape index (κ1) is 14.4. The van der Waals surface area contributed by atoms with Gasteiger partial charge in [-0.05, 0) is 24.6 Å². The predicted molar refractivity (Wildman–Crippen MR) is 65.9 cm³/mol. The Labute approximate surface area is 109 Å². The molecular formula is C12H13ClFNO3. The summed E-state index contributed by atoms with van der Waals surface area (Å²) in [7, 11) is 0. The molecule has 0 fully saturated rings. The molecule has 0 aliphatic heterocycles. The van der Waals surface area contributed by atoms with E-state index in [1.54, 1.807) is 0 Å². The lowest BCUT2D eigenvalue weighted by Gasteiger charge is -2.07. The van der Waals surface area contributed by atoms with Gasteiger partial charge in [0.25, 0.3) is 5.91 Å². The molecule has 0 spiro atoms. The average molecular weight is 274 g/mol. The van der Waals surface area contributed by atoms with Crippen molar-refractivity contribution in [3.8, 4) is 0 Å². The third kappa shape index (κ3) is 4.71. The van der Waals surface area contributed by atoms with Gasteiger partial charge in [0.1, 0.15) is 5.82 Å². The number of halogens is 2. The molecule has 1 aromatic carbocycles. The summed E-state index contributed by atoms with van der Waals surface area (Å²) in [6.07, 6.45) is 0.925. The summed E-state index contributed by atoms with van der Waals surface area (Å²) in [5.41, 5.74) is 0.273. The fourth-order valence-electron chi connectivity index (χ4n) is 1.20. The fraction of sp³-hybridized carbons (Fsp3) is 0.333. The summed E-state index contributed by atoms with van der Waals surface area (Å²) < 4.78 is 17.5. The van der Waals surface area contributed by atoms with E-state index < -0.39 is 17.7 Å². The number of hydrogen-bond donors (Lipinski definition) is 1. The molecule has 1 rings (SSSR count). The van der Waals surface area contributed by atoms with Crippen LogP contribution >= 0.6 is 11.6 Å². The van der Waals surface area contributed by atoms with Crippen LogP contribution in [0.3, 0.4) is 0 Å². The van der Waals surface area contributed by atoms with Crippen molar-refractivity contribution in [3.05, 3.63) is 29.0 Å². The van der Waals surface area contributed by atoms with E-state index in [0.29, 0.717) is 6.42 Å². The molecule has 0 bridgehead atoms. The molecule has 0 unspecified atom stereocenters. The van der Waals surface area contributed by atoms with Crippen LogP contribution < -0.4 is 5.32 Å². The minimum Gasteiger partial charge on any atom is -0.456 e. The van der Waals surface area contributed by atoms with Crippen LogP contribution in [0.2, 0.25) is 5.02 Å². The van der Waals surface area contributed by atoms with E-state index in [1.807, 2.05) is 6.92 Å². The Morgan fingerprint density at radius 3 is 2.78 bits per heavy atom. The first-order chi connectivity index (χ1) is 8.52. The maximum atomic E-state index is 12.8. The van der Waals surface area contributed by atoms with Crippen LogP contribution in [0, 0.1) is 5.82 Å². The number of hydrogen-bond acceptors (Lipinski definition) is 3. The zero-order valence-electron chi connectivity index (χ0n) is 9.83. The van der Waals surface area contributed by atoms with Crippen molar-refractivity contribution in [2.24, 2.45) is 0 Å². The van der Waals surface area contributed by atoms with Gasteiger partial charge in [-0.3, -0.25) is 9.59 Å². The second-order valence-electron chi connectivity index (χ2n) is 3.58. The number of ether oxygens (including phenoxy) is 1. The maximum absolute atomic E-state index is 12.8. The van der Waals surface area contributed by atoms with Crippen LogP contribution in [-0.4, -0.2) is 18.5 Å². The van der Waals surface area contributed by atoms with Gasteiger partial charge >= 0.3 is 5.97 Å². The molecule has 98 valence electrons. The van der Waals surface area contributed by atoms with Gasteiger partial charge in [-0.15, -0.1) is 0 Å². The summed E-state index contributed by atoms with van der Waals surface area (Å²) in [4.78, 5) is 22.5. The van der Waals surface area contributed by atoms with E-state index in [1.165, 1.54) is 12.1 Å². The highest BCUT2D eigenvalue weighted by molar-refractivity contribution is 6.33. The highest BCUT2D eigenvalue weighted by atomic mass is 35.5. The maximum Gasteiger partial charge on any atom is 0.306 e. The summed E-state index contributed by atoms with van der Waals surface area (Å²) in [5, 5.41) is 2.51. The van der Waals surface area contributed by atoms with Crippen LogP contribution in [0.1, 0.15) is 19.8 Å². The predicted octanol–water partition coefficient (Wildman–Crippen LogP) is 2.76. The molecule has 0 saturated heterocycles. The van der Waals surface area contributed by atoms with E-state index in [-0.39, 0.29) is 23.7 Å². The topological polar surface area (TPSA) is 55.4 Å². The third-order valence-corrected chi connectivity index (χ3v) is 2.34. The summed E-state index contributed by atoms with van der Waals surface area (Å²) in [6, 6.07) is 3.59. The number of benzene rings is 1. The van der Waals surface area contributed by atoms with E-state index in [0.717, 1.165) is 6.07 Å². The highest BCUT2D eigenvalue weighted by Crippen LogP contribution is 2.22. The molecule has 0 radical (unpaired) electrons. The number of nitrogens with one attached hydrogen (secondary N) is 1. The number of amides is 1. The summed E-state index contributed by atoms with van der Waals surface area (Å²) in [6.45, 7) is 1.45. The minimum absolute atomic E-state index is 0.0863. The molecule has 0 heterocycles. The number of rotatable bonds is 5. The van der Waals surface area contributed by atoms with Gasteiger partial charge in [0.2, 0.25) is 0 Å². The largest absolute Gasteiger partial charge is 0.456 e. The minimum atomic E-state index is -0.520. The van der Waals surface area contributed by atoms with Crippen molar-refractivity contribution in [1.82, 2.24) is 0 Å². The molecule has 0 saturated carbocycles. The Bertz CT molecular complexity index is 451. The van der Waals surface area contributed by atoms with Crippen molar-refractivity contribution < 1.29 is 18.7 Å². The van der Waals surface area contributed by atoms with Gasteiger partial charge < -0.3 is 10.1 Å². The SMILES string of the molecule is CCCC(=O)OCC(=O)Nc1ccc(F)cc1Cl. The Balaban J connectivity index is 2.47. The Kier molecular flexibility index (Phi) is 5.58. The Morgan fingerprint density at radius 1 is 1.44 bits per heavy atom. The van der Waals surface area contributed by atoms with Gasteiger partial charge in [-0.2, -0.15) is 0 Å². The zero-order valence-corrected chi connectivity index (χ0v) is 10.6. The van der Waals surface area contributed by atoms with Crippen molar-refractivity contribution in [3.63, 3.8) is 0 Å². The van der Waals surface area contributed by atoms with Crippen molar-refractivity contribution in [2.75, 3.05) is 11.9 Å².